The Morgan fingerprint density at radius 2 is 2.18 bits per heavy atom. The Morgan fingerprint density at radius 3 is 2.55 bits per heavy atom. The van der Waals surface area contributed by atoms with Crippen LogP contribution >= 0.6 is 15.9 Å². The molecule has 0 atom stereocenters. The van der Waals surface area contributed by atoms with E-state index in [1.807, 2.05) is 0 Å². The van der Waals surface area contributed by atoms with E-state index in [-0.39, 0.29) is 4.60 Å². The Labute approximate surface area is 68.3 Å². The lowest BCUT2D eigenvalue weighted by molar-refractivity contribution is -0.143. The molecule has 0 aliphatic rings. The van der Waals surface area contributed by atoms with Crippen molar-refractivity contribution >= 4 is 15.9 Å². The maximum Gasteiger partial charge on any atom is 0.408 e. The summed E-state index contributed by atoms with van der Waals surface area (Å²) < 4.78 is 36.0. The van der Waals surface area contributed by atoms with Gasteiger partial charge in [-0.3, -0.25) is 0 Å². The molecule has 0 spiro atoms. The van der Waals surface area contributed by atoms with E-state index in [0.29, 0.717) is 0 Å². The first kappa shape index (κ1) is 8.51. The standard InChI is InChI=1S/C4H3BrF3N3/c5-3-1-9-10-11(3)2-4(6,7)8/h1H,2H2. The largest absolute Gasteiger partial charge is 0.408 e. The van der Waals surface area contributed by atoms with Gasteiger partial charge in [0.25, 0.3) is 0 Å². The molecule has 0 saturated heterocycles. The third kappa shape index (κ3) is 2.49. The number of alkyl halides is 3. The fourth-order valence-electron chi connectivity index (χ4n) is 0.522. The third-order valence-electron chi connectivity index (χ3n) is 0.900. The van der Waals surface area contributed by atoms with Crippen molar-refractivity contribution in [2.45, 2.75) is 12.7 Å². The van der Waals surface area contributed by atoms with E-state index in [1.54, 1.807) is 0 Å². The summed E-state index contributed by atoms with van der Waals surface area (Å²) in [6.45, 7) is -1.12. The summed E-state index contributed by atoms with van der Waals surface area (Å²) in [5.74, 6) is 0. The first-order valence-electron chi connectivity index (χ1n) is 2.60. The molecule has 0 aromatic carbocycles. The molecule has 0 fully saturated rings. The van der Waals surface area contributed by atoms with Gasteiger partial charge >= 0.3 is 6.18 Å². The quantitative estimate of drug-likeness (QED) is 0.733. The zero-order valence-corrected chi connectivity index (χ0v) is 6.72. The molecule has 0 aliphatic carbocycles. The highest BCUT2D eigenvalue weighted by Gasteiger charge is 2.29. The molecule has 3 nitrogen and oxygen atoms in total. The Bertz CT molecular complexity index is 243. The lowest BCUT2D eigenvalue weighted by Crippen LogP contribution is -2.18. The fraction of sp³-hybridized carbons (Fsp3) is 0.500. The van der Waals surface area contributed by atoms with Gasteiger partial charge in [0.2, 0.25) is 0 Å². The van der Waals surface area contributed by atoms with E-state index >= 15 is 0 Å². The van der Waals surface area contributed by atoms with Gasteiger partial charge in [-0.05, 0) is 15.9 Å². The Balaban J connectivity index is 2.72. The van der Waals surface area contributed by atoms with Crippen LogP contribution in [0, 0.1) is 0 Å². The van der Waals surface area contributed by atoms with Crippen molar-refractivity contribution < 1.29 is 13.2 Å². The lowest BCUT2D eigenvalue weighted by Gasteiger charge is -2.05. The second-order valence-corrected chi connectivity index (χ2v) is 2.64. The molecule has 7 heteroatoms. The smallest absolute Gasteiger partial charge is 0.229 e. The van der Waals surface area contributed by atoms with E-state index < -0.39 is 12.7 Å². The van der Waals surface area contributed by atoms with Crippen molar-refractivity contribution in [3.05, 3.63) is 10.8 Å². The van der Waals surface area contributed by atoms with Gasteiger partial charge in [0.1, 0.15) is 11.1 Å². The number of halogens is 4. The molecule has 0 bridgehead atoms. The van der Waals surface area contributed by atoms with Crippen molar-refractivity contribution in [3.8, 4) is 0 Å². The monoisotopic (exact) mass is 229 g/mol. The normalized spacial score (nSPS) is 12.0. The second kappa shape index (κ2) is 2.80. The topological polar surface area (TPSA) is 30.7 Å². The van der Waals surface area contributed by atoms with Crippen molar-refractivity contribution in [2.24, 2.45) is 0 Å². The number of nitrogens with zero attached hydrogens (tertiary/aromatic N) is 3. The van der Waals surface area contributed by atoms with Gasteiger partial charge in [-0.15, -0.1) is 5.10 Å². The summed E-state index contributed by atoms with van der Waals surface area (Å²) in [4.78, 5) is 0. The van der Waals surface area contributed by atoms with Gasteiger partial charge in [0.05, 0.1) is 6.20 Å². The van der Waals surface area contributed by atoms with Crippen LogP contribution in [0.4, 0.5) is 13.2 Å². The van der Waals surface area contributed by atoms with Crippen LogP contribution in [0.2, 0.25) is 0 Å². The van der Waals surface area contributed by atoms with E-state index in [4.69, 9.17) is 0 Å². The second-order valence-electron chi connectivity index (χ2n) is 1.83. The number of hydrogen-bond acceptors (Lipinski definition) is 2. The third-order valence-corrected chi connectivity index (χ3v) is 1.51. The van der Waals surface area contributed by atoms with E-state index in [0.717, 1.165) is 4.68 Å². The predicted octanol–water partition coefficient (Wildman–Crippen LogP) is 1.60. The molecule has 0 saturated carbocycles. The van der Waals surface area contributed by atoms with Gasteiger partial charge < -0.3 is 0 Å². The average Bonchev–Trinajstić information content (AvgIpc) is 2.12. The van der Waals surface area contributed by atoms with Crippen LogP contribution in [0.15, 0.2) is 10.8 Å². The van der Waals surface area contributed by atoms with Crippen molar-refractivity contribution in [2.75, 3.05) is 0 Å². The van der Waals surface area contributed by atoms with Crippen LogP contribution in [0.3, 0.4) is 0 Å². The van der Waals surface area contributed by atoms with Gasteiger partial charge in [0.15, 0.2) is 0 Å². The van der Waals surface area contributed by atoms with E-state index in [2.05, 4.69) is 26.2 Å². The van der Waals surface area contributed by atoms with Crippen LogP contribution in [-0.4, -0.2) is 21.2 Å². The number of rotatable bonds is 1. The van der Waals surface area contributed by atoms with Gasteiger partial charge in [-0.25, -0.2) is 4.68 Å². The van der Waals surface area contributed by atoms with Gasteiger partial charge in [-0.2, -0.15) is 13.2 Å². The van der Waals surface area contributed by atoms with Gasteiger partial charge in [-0.1, -0.05) is 5.21 Å². The minimum absolute atomic E-state index is 0.217. The molecule has 0 amide bonds. The first-order valence-corrected chi connectivity index (χ1v) is 3.39. The van der Waals surface area contributed by atoms with Crippen LogP contribution in [-0.2, 0) is 6.54 Å². The van der Waals surface area contributed by atoms with Crippen molar-refractivity contribution in [3.63, 3.8) is 0 Å². The molecule has 62 valence electrons. The SMILES string of the molecule is FC(F)(F)Cn1nncc1Br. The molecule has 1 heterocycles. The molecule has 11 heavy (non-hydrogen) atoms. The van der Waals surface area contributed by atoms with Gasteiger partial charge in [0, 0.05) is 0 Å². The Kier molecular flexibility index (Phi) is 2.17. The highest BCUT2D eigenvalue weighted by Crippen LogP contribution is 2.19. The summed E-state index contributed by atoms with van der Waals surface area (Å²) in [5.41, 5.74) is 0. The molecule has 1 aromatic rings. The molecule has 1 rings (SSSR count). The van der Waals surface area contributed by atoms with E-state index in [9.17, 15) is 13.2 Å². The van der Waals surface area contributed by atoms with Crippen molar-refractivity contribution in [1.82, 2.24) is 15.0 Å². The average molecular weight is 230 g/mol. The number of aromatic nitrogens is 3. The van der Waals surface area contributed by atoms with Crippen LogP contribution in [0.1, 0.15) is 0 Å². The maximum atomic E-state index is 11.7. The molecule has 0 radical (unpaired) electrons. The molecule has 0 aliphatic heterocycles. The summed E-state index contributed by atoms with van der Waals surface area (Å²) in [7, 11) is 0. The number of hydrogen-bond donors (Lipinski definition) is 0. The predicted molar refractivity (Wildman–Crippen MR) is 33.8 cm³/mol. The minimum Gasteiger partial charge on any atom is -0.229 e. The molecule has 0 N–H and O–H groups in total. The minimum atomic E-state index is -4.25. The zero-order chi connectivity index (χ0) is 8.48. The molecular formula is C4H3BrF3N3. The van der Waals surface area contributed by atoms with E-state index in [1.165, 1.54) is 6.20 Å². The highest BCUT2D eigenvalue weighted by molar-refractivity contribution is 9.10. The summed E-state index contributed by atoms with van der Waals surface area (Å²) in [6, 6.07) is 0. The summed E-state index contributed by atoms with van der Waals surface area (Å²) in [5, 5.41) is 6.47. The maximum absolute atomic E-state index is 11.7. The lowest BCUT2D eigenvalue weighted by atomic mass is 10.6. The zero-order valence-electron chi connectivity index (χ0n) is 5.14. The fourth-order valence-corrected chi connectivity index (χ4v) is 0.810. The van der Waals surface area contributed by atoms with Crippen LogP contribution in [0.5, 0.6) is 0 Å². The highest BCUT2D eigenvalue weighted by atomic mass is 79.9. The van der Waals surface area contributed by atoms with Crippen LogP contribution < -0.4 is 0 Å². The molecular weight excluding hydrogens is 227 g/mol. The van der Waals surface area contributed by atoms with Crippen LogP contribution in [0.25, 0.3) is 0 Å². The Morgan fingerprint density at radius 1 is 1.55 bits per heavy atom. The summed E-state index contributed by atoms with van der Waals surface area (Å²) >= 11 is 2.86. The first-order chi connectivity index (χ1) is 4.99. The summed E-state index contributed by atoms with van der Waals surface area (Å²) in [6.07, 6.45) is -3.05. The molecule has 1 aromatic heterocycles. The Hall–Kier alpha value is -0.590. The molecule has 0 unspecified atom stereocenters. The van der Waals surface area contributed by atoms with Crippen molar-refractivity contribution in [1.29, 1.82) is 0 Å².